The highest BCUT2D eigenvalue weighted by atomic mass is 35.5. The molecule has 0 saturated heterocycles. The lowest BCUT2D eigenvalue weighted by Crippen LogP contribution is -2.36. The molecule has 1 fully saturated rings. The first-order valence-corrected chi connectivity index (χ1v) is 6.75. The minimum atomic E-state index is 0.518. The molecule has 2 atom stereocenters. The van der Waals surface area contributed by atoms with E-state index < -0.39 is 0 Å². The molecule has 2 unspecified atom stereocenters. The fourth-order valence-corrected chi connectivity index (χ4v) is 2.73. The van der Waals surface area contributed by atoms with E-state index in [1.807, 2.05) is 24.3 Å². The molecule has 2 nitrogen and oxygen atoms in total. The predicted octanol–water partition coefficient (Wildman–Crippen LogP) is 3.82. The normalized spacial score (nSPS) is 23.4. The molecule has 0 amide bonds. The van der Waals surface area contributed by atoms with Crippen molar-refractivity contribution in [3.63, 3.8) is 0 Å². The Kier molecular flexibility index (Phi) is 4.24. The summed E-state index contributed by atoms with van der Waals surface area (Å²) in [4.78, 5) is 0. The van der Waals surface area contributed by atoms with Gasteiger partial charge in [0.25, 0.3) is 0 Å². The molecule has 92 valence electrons. The molecular weight excluding hydrogens is 252 g/mol. The lowest BCUT2D eigenvalue weighted by atomic mass is 10.1. The average Bonchev–Trinajstić information content (AvgIpc) is 2.63. The first kappa shape index (κ1) is 12.7. The van der Waals surface area contributed by atoms with Crippen LogP contribution in [0.15, 0.2) is 24.3 Å². The minimum absolute atomic E-state index is 0.518. The summed E-state index contributed by atoms with van der Waals surface area (Å²) >= 11 is 11.2. The first-order valence-electron chi connectivity index (χ1n) is 5.96. The topological polar surface area (TPSA) is 24.1 Å². The van der Waals surface area contributed by atoms with Crippen LogP contribution in [0.1, 0.15) is 26.2 Å². The standard InChI is InChI=1S/C13H17ClN2S/c1-9-5-6-12(7-9)16-13(17)15-11-4-2-3-10(14)8-11/h2-4,8-9,12H,5-7H2,1H3,(H2,15,16,17). The van der Waals surface area contributed by atoms with Crippen LogP contribution in [0.25, 0.3) is 0 Å². The second-order valence-corrected chi connectivity index (χ2v) is 5.57. The number of nitrogens with one attached hydrogen (secondary N) is 2. The molecule has 2 rings (SSSR count). The van der Waals surface area contributed by atoms with E-state index in [1.54, 1.807) is 0 Å². The molecule has 0 aromatic heterocycles. The van der Waals surface area contributed by atoms with Gasteiger partial charge in [-0.25, -0.2) is 0 Å². The number of halogens is 1. The zero-order chi connectivity index (χ0) is 12.3. The monoisotopic (exact) mass is 268 g/mol. The van der Waals surface area contributed by atoms with Crippen LogP contribution in [-0.2, 0) is 0 Å². The third-order valence-electron chi connectivity index (χ3n) is 3.11. The molecule has 1 aromatic carbocycles. The van der Waals surface area contributed by atoms with Crippen molar-refractivity contribution in [3.05, 3.63) is 29.3 Å². The summed E-state index contributed by atoms with van der Waals surface area (Å²) in [5, 5.41) is 7.92. The van der Waals surface area contributed by atoms with Gasteiger partial charge in [-0.1, -0.05) is 24.6 Å². The van der Waals surface area contributed by atoms with Crippen molar-refractivity contribution >= 4 is 34.6 Å². The van der Waals surface area contributed by atoms with Gasteiger partial charge < -0.3 is 10.6 Å². The Morgan fingerprint density at radius 2 is 2.24 bits per heavy atom. The molecule has 1 saturated carbocycles. The fraction of sp³-hybridized carbons (Fsp3) is 0.462. The van der Waals surface area contributed by atoms with Crippen LogP contribution in [0.5, 0.6) is 0 Å². The molecule has 1 aliphatic carbocycles. The average molecular weight is 269 g/mol. The SMILES string of the molecule is CC1CCC(NC(=S)Nc2cccc(Cl)c2)C1. The fourth-order valence-electron chi connectivity index (χ4n) is 2.26. The molecule has 0 heterocycles. The van der Waals surface area contributed by atoms with Crippen molar-refractivity contribution in [3.8, 4) is 0 Å². The number of benzene rings is 1. The zero-order valence-corrected chi connectivity index (χ0v) is 11.4. The van der Waals surface area contributed by atoms with Crippen LogP contribution < -0.4 is 10.6 Å². The zero-order valence-electron chi connectivity index (χ0n) is 9.87. The number of thiocarbonyl (C=S) groups is 1. The highest BCUT2D eigenvalue weighted by molar-refractivity contribution is 7.80. The summed E-state index contributed by atoms with van der Waals surface area (Å²) in [5.74, 6) is 0.807. The van der Waals surface area contributed by atoms with Crippen molar-refractivity contribution in [2.75, 3.05) is 5.32 Å². The molecule has 0 bridgehead atoms. The maximum absolute atomic E-state index is 5.91. The molecule has 0 spiro atoms. The van der Waals surface area contributed by atoms with Crippen molar-refractivity contribution in [1.29, 1.82) is 0 Å². The predicted molar refractivity (Wildman–Crippen MR) is 77.6 cm³/mol. The quantitative estimate of drug-likeness (QED) is 0.798. The van der Waals surface area contributed by atoms with Crippen LogP contribution in [0.3, 0.4) is 0 Å². The van der Waals surface area contributed by atoms with Gasteiger partial charge in [0, 0.05) is 16.8 Å². The number of hydrogen-bond donors (Lipinski definition) is 2. The maximum Gasteiger partial charge on any atom is 0.170 e. The summed E-state index contributed by atoms with van der Waals surface area (Å²) in [7, 11) is 0. The highest BCUT2D eigenvalue weighted by Crippen LogP contribution is 2.24. The summed E-state index contributed by atoms with van der Waals surface area (Å²) in [5.41, 5.74) is 0.932. The highest BCUT2D eigenvalue weighted by Gasteiger charge is 2.21. The van der Waals surface area contributed by atoms with Crippen LogP contribution in [0.4, 0.5) is 5.69 Å². The van der Waals surface area contributed by atoms with Gasteiger partial charge in [-0.05, 0) is 55.6 Å². The summed E-state index contributed by atoms with van der Waals surface area (Å²) in [6.45, 7) is 2.29. The smallest absolute Gasteiger partial charge is 0.170 e. The van der Waals surface area contributed by atoms with Crippen molar-refractivity contribution in [2.45, 2.75) is 32.2 Å². The summed E-state index contributed by atoms with van der Waals surface area (Å²) < 4.78 is 0. The van der Waals surface area contributed by atoms with Crippen molar-refractivity contribution in [2.24, 2.45) is 5.92 Å². The maximum atomic E-state index is 5.91. The van der Waals surface area contributed by atoms with E-state index in [-0.39, 0.29) is 0 Å². The van der Waals surface area contributed by atoms with Gasteiger partial charge in [0.2, 0.25) is 0 Å². The second-order valence-electron chi connectivity index (χ2n) is 4.72. The first-order chi connectivity index (χ1) is 8.13. The number of hydrogen-bond acceptors (Lipinski definition) is 1. The molecular formula is C13H17ClN2S. The largest absolute Gasteiger partial charge is 0.360 e. The van der Waals surface area contributed by atoms with E-state index in [0.29, 0.717) is 16.2 Å². The van der Waals surface area contributed by atoms with Crippen LogP contribution in [-0.4, -0.2) is 11.2 Å². The number of rotatable bonds is 2. The van der Waals surface area contributed by atoms with Gasteiger partial charge in [-0.15, -0.1) is 0 Å². The van der Waals surface area contributed by atoms with Crippen molar-refractivity contribution < 1.29 is 0 Å². The van der Waals surface area contributed by atoms with Gasteiger partial charge in [0.1, 0.15) is 0 Å². The van der Waals surface area contributed by atoms with E-state index in [2.05, 4.69) is 17.6 Å². The molecule has 17 heavy (non-hydrogen) atoms. The second kappa shape index (κ2) is 5.69. The third kappa shape index (κ3) is 3.86. The van der Waals surface area contributed by atoms with Crippen molar-refractivity contribution in [1.82, 2.24) is 5.32 Å². The van der Waals surface area contributed by atoms with E-state index >= 15 is 0 Å². The lowest BCUT2D eigenvalue weighted by Gasteiger charge is -2.16. The van der Waals surface area contributed by atoms with E-state index in [1.165, 1.54) is 19.3 Å². The van der Waals surface area contributed by atoms with Gasteiger partial charge >= 0.3 is 0 Å². The lowest BCUT2D eigenvalue weighted by molar-refractivity contribution is 0.572. The Morgan fingerprint density at radius 1 is 1.41 bits per heavy atom. The molecule has 0 radical (unpaired) electrons. The minimum Gasteiger partial charge on any atom is -0.360 e. The Labute approximate surface area is 113 Å². The van der Waals surface area contributed by atoms with Gasteiger partial charge in [0.15, 0.2) is 5.11 Å². The van der Waals surface area contributed by atoms with Crippen LogP contribution in [0.2, 0.25) is 5.02 Å². The Morgan fingerprint density at radius 3 is 2.88 bits per heavy atom. The molecule has 1 aliphatic rings. The molecule has 0 aliphatic heterocycles. The van der Waals surface area contributed by atoms with Gasteiger partial charge in [0.05, 0.1) is 0 Å². The third-order valence-corrected chi connectivity index (χ3v) is 3.57. The van der Waals surface area contributed by atoms with Crippen LogP contribution in [0, 0.1) is 5.92 Å². The Hall–Kier alpha value is -0.800. The molecule has 1 aromatic rings. The van der Waals surface area contributed by atoms with Gasteiger partial charge in [-0.2, -0.15) is 0 Å². The molecule has 2 N–H and O–H groups in total. The van der Waals surface area contributed by atoms with E-state index in [0.717, 1.165) is 11.6 Å². The molecule has 4 heteroatoms. The summed E-state index contributed by atoms with van der Waals surface area (Å²) in [6, 6.07) is 8.10. The summed E-state index contributed by atoms with van der Waals surface area (Å²) in [6.07, 6.45) is 3.70. The Bertz CT molecular complexity index is 408. The van der Waals surface area contributed by atoms with Crippen LogP contribution >= 0.6 is 23.8 Å². The van der Waals surface area contributed by atoms with Gasteiger partial charge in [-0.3, -0.25) is 0 Å². The Balaban J connectivity index is 1.85. The van der Waals surface area contributed by atoms with E-state index in [4.69, 9.17) is 23.8 Å². The number of anilines is 1. The van der Waals surface area contributed by atoms with E-state index in [9.17, 15) is 0 Å².